The maximum absolute atomic E-state index is 15.1. The smallest absolute Gasteiger partial charge is 0.146 e. The Bertz CT molecular complexity index is 2560. The molecule has 250 valence electrons. The lowest BCUT2D eigenvalue weighted by Gasteiger charge is -2.27. The van der Waals surface area contributed by atoms with Crippen LogP contribution in [-0.4, -0.2) is 0 Å². The number of fused-ring (bicyclic) bond motifs is 6. The third kappa shape index (κ3) is 5.17. The van der Waals surface area contributed by atoms with Crippen molar-refractivity contribution in [2.75, 3.05) is 0 Å². The van der Waals surface area contributed by atoms with Crippen LogP contribution >= 0.6 is 22.7 Å². The summed E-state index contributed by atoms with van der Waals surface area (Å²) < 4.78 is 43.2. The molecule has 0 radical (unpaired) electrons. The Labute approximate surface area is 307 Å². The fourth-order valence-electron chi connectivity index (χ4n) is 7.43. The predicted molar refractivity (Wildman–Crippen MR) is 209 cm³/mol. The molecule has 2 aliphatic heterocycles. The summed E-state index contributed by atoms with van der Waals surface area (Å²) in [5.41, 5.74) is 5.09. The fourth-order valence-corrected chi connectivity index (χ4v) is 9.59. The van der Waals surface area contributed by atoms with Crippen molar-refractivity contribution >= 4 is 55.4 Å². The van der Waals surface area contributed by atoms with Crippen LogP contribution in [0, 0.1) is 11.6 Å². The van der Waals surface area contributed by atoms with Gasteiger partial charge in [-0.15, -0.1) is 22.7 Å². The molecule has 10 rings (SSSR count). The Balaban J connectivity index is 1.08. The molecule has 6 heteroatoms. The van der Waals surface area contributed by atoms with Gasteiger partial charge in [0.25, 0.3) is 0 Å². The van der Waals surface area contributed by atoms with Crippen molar-refractivity contribution in [3.05, 3.63) is 201 Å². The summed E-state index contributed by atoms with van der Waals surface area (Å²) in [6.45, 7) is 0. The quantitative estimate of drug-likeness (QED) is 0.177. The molecule has 0 spiro atoms. The number of hydrogen-bond acceptors (Lipinski definition) is 4. The Morgan fingerprint density at radius 3 is 1.27 bits per heavy atom. The summed E-state index contributed by atoms with van der Waals surface area (Å²) in [5.74, 6) is 0.887. The van der Waals surface area contributed by atoms with Crippen LogP contribution in [0.2, 0.25) is 0 Å². The van der Waals surface area contributed by atoms with E-state index in [1.165, 1.54) is 12.1 Å². The van der Waals surface area contributed by atoms with E-state index in [1.54, 1.807) is 46.9 Å². The van der Waals surface area contributed by atoms with Crippen LogP contribution < -0.4 is 9.47 Å². The van der Waals surface area contributed by atoms with E-state index in [2.05, 4.69) is 72.8 Å². The normalized spacial score (nSPS) is 16.4. The fraction of sp³-hybridized carbons (Fsp3) is 0.0435. The molecule has 0 N–H and O–H groups in total. The standard InChI is InChI=1S/C46H28F2O2S2/c47-35-15-7-5-13-31(35)39-25-33(45-29-11-3-1-9-27(29)17-19-37(45)49-39)41-21-23-43(51-41)44-24-22-42(52-44)34-26-40(32-14-6-8-16-36(32)48)50-38-20-18-28-10-2-4-12-30(28)46(34)38/h1-26,39-40H. The Morgan fingerprint density at radius 1 is 0.404 bits per heavy atom. The van der Waals surface area contributed by atoms with Crippen LogP contribution in [0.5, 0.6) is 11.5 Å². The van der Waals surface area contributed by atoms with Gasteiger partial charge in [-0.2, -0.15) is 0 Å². The molecule has 0 saturated heterocycles. The maximum atomic E-state index is 15.1. The van der Waals surface area contributed by atoms with E-state index in [0.717, 1.165) is 74.8 Å². The van der Waals surface area contributed by atoms with Gasteiger partial charge in [0, 0.05) is 52.9 Å². The van der Waals surface area contributed by atoms with Crippen molar-refractivity contribution in [2.45, 2.75) is 12.2 Å². The van der Waals surface area contributed by atoms with Gasteiger partial charge in [0.15, 0.2) is 0 Å². The minimum absolute atomic E-state index is 0.292. The van der Waals surface area contributed by atoms with Gasteiger partial charge in [-0.05, 0) is 82.2 Å². The van der Waals surface area contributed by atoms with Gasteiger partial charge in [0.2, 0.25) is 0 Å². The van der Waals surface area contributed by atoms with Crippen molar-refractivity contribution < 1.29 is 18.3 Å². The predicted octanol–water partition coefficient (Wildman–Crippen LogP) is 13.2. The summed E-state index contributed by atoms with van der Waals surface area (Å²) in [6, 6.07) is 47.0. The Kier molecular flexibility index (Phi) is 7.41. The number of halogens is 2. The summed E-state index contributed by atoms with van der Waals surface area (Å²) >= 11 is 3.43. The molecule has 2 unspecified atom stereocenters. The van der Waals surface area contributed by atoms with Gasteiger partial charge < -0.3 is 9.47 Å². The molecular formula is C46H28F2O2S2. The molecule has 0 amide bonds. The second-order valence-corrected chi connectivity index (χ2v) is 15.1. The third-order valence-electron chi connectivity index (χ3n) is 9.87. The molecule has 6 aromatic carbocycles. The van der Waals surface area contributed by atoms with Crippen LogP contribution in [-0.2, 0) is 0 Å². The first-order valence-electron chi connectivity index (χ1n) is 17.1. The van der Waals surface area contributed by atoms with Crippen LogP contribution in [0.25, 0.3) is 42.4 Å². The molecule has 2 nitrogen and oxygen atoms in total. The topological polar surface area (TPSA) is 18.5 Å². The van der Waals surface area contributed by atoms with Crippen LogP contribution in [0.4, 0.5) is 8.78 Å². The lowest BCUT2D eigenvalue weighted by Crippen LogP contribution is -2.13. The van der Waals surface area contributed by atoms with Gasteiger partial charge in [-0.3, -0.25) is 0 Å². The van der Waals surface area contributed by atoms with Crippen LogP contribution in [0.15, 0.2) is 158 Å². The third-order valence-corrected chi connectivity index (χ3v) is 12.3. The molecule has 0 aliphatic carbocycles. The molecular weight excluding hydrogens is 687 g/mol. The van der Waals surface area contributed by atoms with E-state index in [1.807, 2.05) is 48.5 Å². The zero-order valence-electron chi connectivity index (χ0n) is 27.6. The van der Waals surface area contributed by atoms with Crippen molar-refractivity contribution in [3.8, 4) is 21.3 Å². The van der Waals surface area contributed by atoms with Crippen molar-refractivity contribution in [3.63, 3.8) is 0 Å². The molecule has 4 heterocycles. The zero-order chi connectivity index (χ0) is 34.8. The SMILES string of the molecule is Fc1ccccc1C1C=C(c2ccc(-c3ccc(C4=CC(c5ccccc5F)Oc5ccc6ccccc6c54)s3)s2)c2c(ccc3ccccc23)O1. The van der Waals surface area contributed by atoms with E-state index in [4.69, 9.17) is 9.47 Å². The largest absolute Gasteiger partial charge is 0.481 e. The first kappa shape index (κ1) is 31.0. The second-order valence-electron chi connectivity index (χ2n) is 12.9. The summed E-state index contributed by atoms with van der Waals surface area (Å²) in [6.07, 6.45) is 2.98. The summed E-state index contributed by atoms with van der Waals surface area (Å²) in [4.78, 5) is 4.40. The lowest BCUT2D eigenvalue weighted by atomic mass is 9.91. The van der Waals surface area contributed by atoms with Crippen LogP contribution in [0.1, 0.15) is 44.2 Å². The van der Waals surface area contributed by atoms with Crippen molar-refractivity contribution in [2.24, 2.45) is 0 Å². The van der Waals surface area contributed by atoms with Crippen molar-refractivity contribution in [1.29, 1.82) is 0 Å². The van der Waals surface area contributed by atoms with Crippen molar-refractivity contribution in [1.82, 2.24) is 0 Å². The molecule has 8 aromatic rings. The number of ether oxygens (including phenoxy) is 2. The molecule has 2 aromatic heterocycles. The monoisotopic (exact) mass is 714 g/mol. The number of hydrogen-bond donors (Lipinski definition) is 0. The van der Waals surface area contributed by atoms with E-state index in [9.17, 15) is 0 Å². The highest BCUT2D eigenvalue weighted by molar-refractivity contribution is 7.23. The number of thiophene rings is 2. The zero-order valence-corrected chi connectivity index (χ0v) is 29.2. The molecule has 0 fully saturated rings. The molecule has 2 aliphatic rings. The van der Waals surface area contributed by atoms with Gasteiger partial charge in [-0.1, -0.05) is 97.1 Å². The van der Waals surface area contributed by atoms with Gasteiger partial charge >= 0.3 is 0 Å². The van der Waals surface area contributed by atoms with E-state index in [-0.39, 0.29) is 11.6 Å². The maximum Gasteiger partial charge on any atom is 0.146 e. The van der Waals surface area contributed by atoms with Gasteiger partial charge in [0.05, 0.1) is 0 Å². The second kappa shape index (κ2) is 12.4. The number of benzene rings is 6. The lowest BCUT2D eigenvalue weighted by molar-refractivity contribution is 0.245. The van der Waals surface area contributed by atoms with E-state index < -0.39 is 12.2 Å². The number of rotatable bonds is 5. The van der Waals surface area contributed by atoms with Crippen LogP contribution in [0.3, 0.4) is 0 Å². The highest BCUT2D eigenvalue weighted by atomic mass is 32.1. The Morgan fingerprint density at radius 2 is 0.808 bits per heavy atom. The first-order chi connectivity index (χ1) is 25.6. The van der Waals surface area contributed by atoms with E-state index in [0.29, 0.717) is 11.1 Å². The molecule has 2 atom stereocenters. The molecule has 52 heavy (non-hydrogen) atoms. The molecule has 0 bridgehead atoms. The average molecular weight is 715 g/mol. The highest BCUT2D eigenvalue weighted by Crippen LogP contribution is 2.50. The first-order valence-corrected chi connectivity index (χ1v) is 18.7. The summed E-state index contributed by atoms with van der Waals surface area (Å²) in [5, 5.41) is 4.42. The minimum atomic E-state index is -0.568. The average Bonchev–Trinajstić information content (AvgIpc) is 3.88. The van der Waals surface area contributed by atoms with Gasteiger partial charge in [0.1, 0.15) is 35.3 Å². The molecule has 0 saturated carbocycles. The van der Waals surface area contributed by atoms with E-state index >= 15 is 8.78 Å². The van der Waals surface area contributed by atoms with Gasteiger partial charge in [-0.25, -0.2) is 8.78 Å². The highest BCUT2D eigenvalue weighted by Gasteiger charge is 2.29. The minimum Gasteiger partial charge on any atom is -0.481 e. The summed E-state index contributed by atoms with van der Waals surface area (Å²) in [7, 11) is 0. The Hall–Kier alpha value is -5.82.